The third-order valence-corrected chi connectivity index (χ3v) is 5.33. The van der Waals surface area contributed by atoms with Gasteiger partial charge in [0.2, 0.25) is 5.75 Å². The molecule has 0 fully saturated rings. The lowest BCUT2D eigenvalue weighted by Gasteiger charge is -2.33. The zero-order valence-corrected chi connectivity index (χ0v) is 17.9. The van der Waals surface area contributed by atoms with Crippen molar-refractivity contribution < 1.29 is 23.7 Å². The number of hydrogen-bond donors (Lipinski definition) is 0. The Labute approximate surface area is 172 Å². The van der Waals surface area contributed by atoms with Crippen LogP contribution in [0, 0.1) is 0 Å². The minimum absolute atomic E-state index is 0.123. The highest BCUT2D eigenvalue weighted by Crippen LogP contribution is 2.40. The summed E-state index contributed by atoms with van der Waals surface area (Å²) < 4.78 is 27.3. The summed E-state index contributed by atoms with van der Waals surface area (Å²) in [5, 5.41) is 0. The monoisotopic (exact) mass is 399 g/mol. The van der Waals surface area contributed by atoms with Crippen molar-refractivity contribution in [3.05, 3.63) is 47.0 Å². The van der Waals surface area contributed by atoms with E-state index < -0.39 is 0 Å². The number of nitrogens with zero attached hydrogens (tertiary/aromatic N) is 1. The first-order chi connectivity index (χ1) is 14.1. The van der Waals surface area contributed by atoms with E-state index in [-0.39, 0.29) is 6.04 Å². The lowest BCUT2D eigenvalue weighted by atomic mass is 9.91. The summed E-state index contributed by atoms with van der Waals surface area (Å²) in [6.45, 7) is 0.965. The quantitative estimate of drug-likeness (QED) is 0.702. The van der Waals surface area contributed by atoms with Gasteiger partial charge in [-0.3, -0.25) is 4.90 Å². The number of benzene rings is 2. The smallest absolute Gasteiger partial charge is 0.203 e. The van der Waals surface area contributed by atoms with E-state index in [1.165, 1.54) is 11.1 Å². The third kappa shape index (κ3) is 4.12. The van der Waals surface area contributed by atoms with E-state index in [0.29, 0.717) is 17.2 Å². The highest BCUT2D eigenvalue weighted by atomic mass is 16.5. The summed E-state index contributed by atoms with van der Waals surface area (Å²) in [6.07, 6.45) is 5.24. The van der Waals surface area contributed by atoms with Crippen LogP contribution in [-0.4, -0.2) is 54.0 Å². The van der Waals surface area contributed by atoms with Crippen LogP contribution in [0.5, 0.6) is 28.7 Å². The molecular weight excluding hydrogens is 370 g/mol. The van der Waals surface area contributed by atoms with Gasteiger partial charge in [-0.25, -0.2) is 0 Å². The Bertz CT molecular complexity index is 868. The molecule has 0 amide bonds. The number of fused-ring (bicyclic) bond motifs is 1. The van der Waals surface area contributed by atoms with E-state index in [1.807, 2.05) is 12.1 Å². The topological polar surface area (TPSA) is 49.4 Å². The van der Waals surface area contributed by atoms with Gasteiger partial charge in [-0.2, -0.15) is 0 Å². The van der Waals surface area contributed by atoms with E-state index in [0.717, 1.165) is 30.0 Å². The SMILES string of the molecule is COc1cc2c(cc1OC)C(/C=C/c1cc(OC)c(OC)c(OC)c1)N(C)CC2. The third-order valence-electron chi connectivity index (χ3n) is 5.33. The van der Waals surface area contributed by atoms with Gasteiger partial charge in [0.1, 0.15) is 0 Å². The van der Waals surface area contributed by atoms with Crippen molar-refractivity contribution in [3.8, 4) is 28.7 Å². The van der Waals surface area contributed by atoms with Crippen LogP contribution in [0.25, 0.3) is 6.08 Å². The van der Waals surface area contributed by atoms with Crippen molar-refractivity contribution in [1.29, 1.82) is 0 Å². The average Bonchev–Trinajstić information content (AvgIpc) is 2.76. The molecule has 1 heterocycles. The fourth-order valence-corrected chi connectivity index (χ4v) is 3.75. The van der Waals surface area contributed by atoms with Crippen molar-refractivity contribution in [2.75, 3.05) is 49.1 Å². The molecule has 2 aromatic rings. The number of hydrogen-bond acceptors (Lipinski definition) is 6. The minimum Gasteiger partial charge on any atom is -0.493 e. The predicted molar refractivity (Wildman–Crippen MR) is 114 cm³/mol. The standard InChI is InChI=1S/C23H29NO5/c1-24-10-9-16-13-19(25-2)20(26-3)14-17(16)18(24)8-7-15-11-21(27-4)23(29-6)22(12-15)28-5/h7-8,11-14,18H,9-10H2,1-6H3/b8-7+. The molecule has 1 aliphatic rings. The molecule has 0 radical (unpaired) electrons. The van der Waals surface area contributed by atoms with Crippen LogP contribution in [0.3, 0.4) is 0 Å². The second-order valence-corrected chi connectivity index (χ2v) is 6.90. The van der Waals surface area contributed by atoms with Crippen LogP contribution >= 0.6 is 0 Å². The van der Waals surface area contributed by atoms with Gasteiger partial charge < -0.3 is 23.7 Å². The molecule has 0 N–H and O–H groups in total. The van der Waals surface area contributed by atoms with E-state index in [9.17, 15) is 0 Å². The molecule has 1 unspecified atom stereocenters. The molecule has 2 aromatic carbocycles. The van der Waals surface area contributed by atoms with Crippen molar-refractivity contribution in [3.63, 3.8) is 0 Å². The maximum absolute atomic E-state index is 5.52. The van der Waals surface area contributed by atoms with Crippen LogP contribution in [0.4, 0.5) is 0 Å². The molecule has 0 aromatic heterocycles. The van der Waals surface area contributed by atoms with Gasteiger partial charge in [0.25, 0.3) is 0 Å². The molecule has 6 heteroatoms. The maximum Gasteiger partial charge on any atom is 0.203 e. The van der Waals surface area contributed by atoms with Gasteiger partial charge in [-0.15, -0.1) is 0 Å². The Morgan fingerprint density at radius 3 is 1.93 bits per heavy atom. The zero-order valence-electron chi connectivity index (χ0n) is 17.9. The molecule has 29 heavy (non-hydrogen) atoms. The lowest BCUT2D eigenvalue weighted by molar-refractivity contribution is 0.270. The normalized spacial score (nSPS) is 16.4. The number of ether oxygens (including phenoxy) is 5. The van der Waals surface area contributed by atoms with Gasteiger partial charge in [0, 0.05) is 6.54 Å². The van der Waals surface area contributed by atoms with Crippen LogP contribution in [0.15, 0.2) is 30.3 Å². The fourth-order valence-electron chi connectivity index (χ4n) is 3.75. The highest BCUT2D eigenvalue weighted by Gasteiger charge is 2.25. The summed E-state index contributed by atoms with van der Waals surface area (Å²) in [4.78, 5) is 2.32. The second-order valence-electron chi connectivity index (χ2n) is 6.90. The average molecular weight is 399 g/mol. The lowest BCUT2D eigenvalue weighted by Crippen LogP contribution is -2.31. The van der Waals surface area contributed by atoms with Crippen LogP contribution in [-0.2, 0) is 6.42 Å². The molecule has 0 bridgehead atoms. The largest absolute Gasteiger partial charge is 0.493 e. The number of likely N-dealkylation sites (N-methyl/N-ethyl adjacent to an activating group) is 1. The van der Waals surface area contributed by atoms with Crippen molar-refractivity contribution >= 4 is 6.08 Å². The Kier molecular flexibility index (Phi) is 6.54. The van der Waals surface area contributed by atoms with Crippen LogP contribution in [0.1, 0.15) is 22.7 Å². The van der Waals surface area contributed by atoms with E-state index in [4.69, 9.17) is 23.7 Å². The predicted octanol–water partition coefficient (Wildman–Crippen LogP) is 3.97. The zero-order chi connectivity index (χ0) is 21.0. The number of methoxy groups -OCH3 is 5. The van der Waals surface area contributed by atoms with Crippen molar-refractivity contribution in [2.24, 2.45) is 0 Å². The molecule has 6 nitrogen and oxygen atoms in total. The fraction of sp³-hybridized carbons (Fsp3) is 0.391. The molecule has 156 valence electrons. The summed E-state index contributed by atoms with van der Waals surface area (Å²) in [7, 11) is 10.3. The number of rotatable bonds is 7. The van der Waals surface area contributed by atoms with Crippen LogP contribution in [0.2, 0.25) is 0 Å². The van der Waals surface area contributed by atoms with Crippen molar-refractivity contribution in [2.45, 2.75) is 12.5 Å². The van der Waals surface area contributed by atoms with Crippen LogP contribution < -0.4 is 23.7 Å². The Hall–Kier alpha value is -2.86. The molecule has 1 atom stereocenters. The first-order valence-corrected chi connectivity index (χ1v) is 9.49. The first-order valence-electron chi connectivity index (χ1n) is 9.49. The Morgan fingerprint density at radius 2 is 1.38 bits per heavy atom. The van der Waals surface area contributed by atoms with Gasteiger partial charge in [0.05, 0.1) is 41.6 Å². The van der Waals surface area contributed by atoms with Gasteiger partial charge in [-0.1, -0.05) is 12.2 Å². The highest BCUT2D eigenvalue weighted by molar-refractivity contribution is 5.63. The molecule has 3 rings (SSSR count). The molecule has 0 saturated carbocycles. The van der Waals surface area contributed by atoms with E-state index in [1.54, 1.807) is 35.5 Å². The second kappa shape index (κ2) is 9.09. The molecule has 0 saturated heterocycles. The Morgan fingerprint density at radius 1 is 0.793 bits per heavy atom. The van der Waals surface area contributed by atoms with Gasteiger partial charge >= 0.3 is 0 Å². The van der Waals surface area contributed by atoms with Crippen molar-refractivity contribution in [1.82, 2.24) is 4.90 Å². The summed E-state index contributed by atoms with van der Waals surface area (Å²) in [5.41, 5.74) is 3.47. The van der Waals surface area contributed by atoms with Gasteiger partial charge in [0.15, 0.2) is 23.0 Å². The summed E-state index contributed by atoms with van der Waals surface area (Å²) in [5.74, 6) is 3.37. The molecule has 1 aliphatic heterocycles. The maximum atomic E-state index is 5.52. The summed E-state index contributed by atoms with van der Waals surface area (Å²) >= 11 is 0. The van der Waals surface area contributed by atoms with E-state index in [2.05, 4.69) is 36.2 Å². The first kappa shape index (κ1) is 20.9. The molecular formula is C23H29NO5. The molecule has 0 aliphatic carbocycles. The summed E-state index contributed by atoms with van der Waals surface area (Å²) in [6, 6.07) is 8.17. The van der Waals surface area contributed by atoms with Gasteiger partial charge in [-0.05, 0) is 54.4 Å². The minimum atomic E-state index is 0.123. The molecule has 0 spiro atoms. The van der Waals surface area contributed by atoms with E-state index >= 15 is 0 Å². The Balaban J connectivity index is 1.99.